The van der Waals surface area contributed by atoms with E-state index < -0.39 is 12.2 Å². The standard InChI is InChI=1S/C10H14ClNO3/c1-12-5-9(14)10(15)7-3-2-6(13)4-8(7)11/h2-4,9-10,12-15H,5H2,1H3. The fourth-order valence-corrected chi connectivity index (χ4v) is 1.57. The van der Waals surface area contributed by atoms with Gasteiger partial charge in [0.05, 0.1) is 11.1 Å². The third kappa shape index (κ3) is 3.07. The highest BCUT2D eigenvalue weighted by Crippen LogP contribution is 2.28. The second kappa shape index (κ2) is 5.32. The third-order valence-corrected chi connectivity index (χ3v) is 2.41. The molecule has 0 aliphatic carbocycles. The Kier molecular flexibility index (Phi) is 4.35. The number of aromatic hydroxyl groups is 1. The molecule has 0 aliphatic heterocycles. The average Bonchev–Trinajstić information content (AvgIpc) is 2.17. The maximum absolute atomic E-state index is 9.74. The molecule has 1 rings (SSSR count). The van der Waals surface area contributed by atoms with Crippen LogP contribution in [-0.2, 0) is 0 Å². The molecule has 0 bridgehead atoms. The normalized spacial score (nSPS) is 14.9. The van der Waals surface area contributed by atoms with Crippen molar-refractivity contribution in [1.82, 2.24) is 5.32 Å². The van der Waals surface area contributed by atoms with Gasteiger partial charge in [-0.1, -0.05) is 17.7 Å². The van der Waals surface area contributed by atoms with Crippen LogP contribution in [0.15, 0.2) is 18.2 Å². The maximum Gasteiger partial charge on any atom is 0.117 e. The summed E-state index contributed by atoms with van der Waals surface area (Å²) in [4.78, 5) is 0. The molecule has 0 saturated carbocycles. The molecule has 15 heavy (non-hydrogen) atoms. The molecule has 0 aromatic heterocycles. The van der Waals surface area contributed by atoms with E-state index in [9.17, 15) is 10.2 Å². The van der Waals surface area contributed by atoms with Gasteiger partial charge in [-0.05, 0) is 19.2 Å². The van der Waals surface area contributed by atoms with Crippen molar-refractivity contribution in [2.75, 3.05) is 13.6 Å². The summed E-state index contributed by atoms with van der Waals surface area (Å²) in [5.41, 5.74) is 0.400. The predicted octanol–water partition coefficient (Wildman–Crippen LogP) is 0.659. The Labute approximate surface area is 93.1 Å². The van der Waals surface area contributed by atoms with Gasteiger partial charge in [0.25, 0.3) is 0 Å². The van der Waals surface area contributed by atoms with Gasteiger partial charge >= 0.3 is 0 Å². The summed E-state index contributed by atoms with van der Waals surface area (Å²) in [6.07, 6.45) is -2.00. The summed E-state index contributed by atoms with van der Waals surface area (Å²) >= 11 is 5.82. The molecule has 5 heteroatoms. The minimum absolute atomic E-state index is 0.0269. The lowest BCUT2D eigenvalue weighted by atomic mass is 10.0. The molecule has 0 heterocycles. The number of phenolic OH excluding ortho intramolecular Hbond substituents is 1. The van der Waals surface area contributed by atoms with Gasteiger partial charge in [0.1, 0.15) is 11.9 Å². The van der Waals surface area contributed by atoms with Crippen LogP contribution >= 0.6 is 11.6 Å². The van der Waals surface area contributed by atoms with Crippen LogP contribution in [0, 0.1) is 0 Å². The maximum atomic E-state index is 9.74. The molecule has 1 aromatic rings. The van der Waals surface area contributed by atoms with Crippen molar-refractivity contribution in [3.05, 3.63) is 28.8 Å². The number of rotatable bonds is 4. The van der Waals surface area contributed by atoms with Crippen LogP contribution in [0.25, 0.3) is 0 Å². The molecule has 1 aromatic carbocycles. The summed E-state index contributed by atoms with van der Waals surface area (Å²) in [6.45, 7) is 0.262. The molecule has 0 spiro atoms. The van der Waals surface area contributed by atoms with Crippen LogP contribution in [0.5, 0.6) is 5.75 Å². The monoisotopic (exact) mass is 231 g/mol. The van der Waals surface area contributed by atoms with Gasteiger partial charge < -0.3 is 20.6 Å². The number of hydrogen-bond acceptors (Lipinski definition) is 4. The largest absolute Gasteiger partial charge is 0.508 e. The first-order valence-corrected chi connectivity index (χ1v) is 4.93. The Morgan fingerprint density at radius 3 is 2.60 bits per heavy atom. The number of halogens is 1. The number of aliphatic hydroxyl groups is 2. The van der Waals surface area contributed by atoms with Gasteiger partial charge in [-0.15, -0.1) is 0 Å². The minimum atomic E-state index is -1.06. The molecule has 4 N–H and O–H groups in total. The van der Waals surface area contributed by atoms with Crippen molar-refractivity contribution >= 4 is 11.6 Å². The van der Waals surface area contributed by atoms with Gasteiger partial charge in [0.2, 0.25) is 0 Å². The SMILES string of the molecule is CNCC(O)C(O)c1ccc(O)cc1Cl. The zero-order valence-electron chi connectivity index (χ0n) is 8.31. The highest BCUT2D eigenvalue weighted by atomic mass is 35.5. The van der Waals surface area contributed by atoms with Crippen LogP contribution in [-0.4, -0.2) is 35.0 Å². The quantitative estimate of drug-likeness (QED) is 0.614. The lowest BCUT2D eigenvalue weighted by Gasteiger charge is -2.18. The smallest absolute Gasteiger partial charge is 0.117 e. The molecule has 84 valence electrons. The summed E-state index contributed by atoms with van der Waals surface area (Å²) in [5, 5.41) is 31.4. The van der Waals surface area contributed by atoms with E-state index >= 15 is 0 Å². The van der Waals surface area contributed by atoms with Gasteiger partial charge in [-0.3, -0.25) is 0 Å². The predicted molar refractivity (Wildman–Crippen MR) is 58.0 cm³/mol. The fourth-order valence-electron chi connectivity index (χ4n) is 1.28. The Morgan fingerprint density at radius 2 is 2.07 bits per heavy atom. The molecular weight excluding hydrogens is 218 g/mol. The Bertz CT molecular complexity index is 332. The zero-order valence-corrected chi connectivity index (χ0v) is 9.07. The first-order valence-electron chi connectivity index (χ1n) is 4.55. The number of likely N-dealkylation sites (N-methyl/N-ethyl adjacent to an activating group) is 1. The van der Waals surface area contributed by atoms with Crippen molar-refractivity contribution in [3.8, 4) is 5.75 Å². The van der Waals surface area contributed by atoms with Crippen molar-refractivity contribution in [2.24, 2.45) is 0 Å². The summed E-state index contributed by atoms with van der Waals surface area (Å²) in [7, 11) is 1.67. The molecule has 2 atom stereocenters. The van der Waals surface area contributed by atoms with E-state index in [1.165, 1.54) is 18.2 Å². The van der Waals surface area contributed by atoms with E-state index in [0.29, 0.717) is 5.56 Å². The number of phenols is 1. The minimum Gasteiger partial charge on any atom is -0.508 e. The van der Waals surface area contributed by atoms with Crippen molar-refractivity contribution < 1.29 is 15.3 Å². The van der Waals surface area contributed by atoms with Crippen LogP contribution < -0.4 is 5.32 Å². The van der Waals surface area contributed by atoms with E-state index in [0.717, 1.165) is 0 Å². The Morgan fingerprint density at radius 1 is 1.40 bits per heavy atom. The van der Waals surface area contributed by atoms with Gasteiger partial charge in [-0.2, -0.15) is 0 Å². The Hall–Kier alpha value is -0.810. The summed E-state index contributed by atoms with van der Waals surface area (Å²) < 4.78 is 0. The average molecular weight is 232 g/mol. The first-order chi connectivity index (χ1) is 7.06. The molecular formula is C10H14ClNO3. The summed E-state index contributed by atoms with van der Waals surface area (Å²) in [5.74, 6) is 0.0269. The lowest BCUT2D eigenvalue weighted by Crippen LogP contribution is -2.29. The summed E-state index contributed by atoms with van der Waals surface area (Å²) in [6, 6.07) is 4.23. The second-order valence-electron chi connectivity index (χ2n) is 3.28. The second-order valence-corrected chi connectivity index (χ2v) is 3.68. The molecule has 0 amide bonds. The van der Waals surface area contributed by atoms with E-state index in [1.54, 1.807) is 7.05 Å². The van der Waals surface area contributed by atoms with E-state index in [-0.39, 0.29) is 17.3 Å². The number of hydrogen-bond donors (Lipinski definition) is 4. The molecule has 0 fully saturated rings. The van der Waals surface area contributed by atoms with Gasteiger partial charge in [-0.25, -0.2) is 0 Å². The van der Waals surface area contributed by atoms with Crippen molar-refractivity contribution in [3.63, 3.8) is 0 Å². The molecule has 2 unspecified atom stereocenters. The highest BCUT2D eigenvalue weighted by Gasteiger charge is 2.20. The van der Waals surface area contributed by atoms with Crippen LogP contribution in [0.4, 0.5) is 0 Å². The van der Waals surface area contributed by atoms with Gasteiger partial charge in [0.15, 0.2) is 0 Å². The van der Waals surface area contributed by atoms with Crippen LogP contribution in [0.1, 0.15) is 11.7 Å². The third-order valence-electron chi connectivity index (χ3n) is 2.08. The molecule has 0 saturated heterocycles. The van der Waals surface area contributed by atoms with Crippen LogP contribution in [0.2, 0.25) is 5.02 Å². The molecule has 0 aliphatic rings. The highest BCUT2D eigenvalue weighted by molar-refractivity contribution is 6.31. The number of aliphatic hydroxyl groups excluding tert-OH is 2. The van der Waals surface area contributed by atoms with Crippen molar-refractivity contribution in [2.45, 2.75) is 12.2 Å². The Balaban J connectivity index is 2.86. The molecule has 4 nitrogen and oxygen atoms in total. The van der Waals surface area contributed by atoms with Crippen molar-refractivity contribution in [1.29, 1.82) is 0 Å². The van der Waals surface area contributed by atoms with Gasteiger partial charge in [0, 0.05) is 12.1 Å². The number of nitrogens with one attached hydrogen (secondary N) is 1. The zero-order chi connectivity index (χ0) is 11.4. The first kappa shape index (κ1) is 12.3. The van der Waals surface area contributed by atoms with E-state index in [4.69, 9.17) is 16.7 Å². The molecule has 0 radical (unpaired) electrons. The number of benzene rings is 1. The lowest BCUT2D eigenvalue weighted by molar-refractivity contribution is 0.0203. The van der Waals surface area contributed by atoms with Crippen LogP contribution in [0.3, 0.4) is 0 Å². The topological polar surface area (TPSA) is 72.7 Å². The fraction of sp³-hybridized carbons (Fsp3) is 0.400. The van der Waals surface area contributed by atoms with E-state index in [2.05, 4.69) is 5.32 Å². The van der Waals surface area contributed by atoms with E-state index in [1.807, 2.05) is 0 Å².